The molecule has 1 aliphatic carbocycles. The number of aryl methyl sites for hydroxylation is 1. The maximum absolute atomic E-state index is 11.5. The van der Waals surface area contributed by atoms with Gasteiger partial charge in [-0.2, -0.15) is 0 Å². The molecule has 0 unspecified atom stereocenters. The van der Waals surface area contributed by atoms with Gasteiger partial charge in [-0.1, -0.05) is 0 Å². The van der Waals surface area contributed by atoms with E-state index in [-0.39, 0.29) is 0 Å². The average Bonchev–Trinajstić information content (AvgIpc) is 3.01. The molecule has 0 bridgehead atoms. The molecule has 1 saturated heterocycles. The molecule has 1 aliphatic heterocycles. The zero-order valence-corrected chi connectivity index (χ0v) is 15.0. The Bertz CT molecular complexity index is 879. The predicted molar refractivity (Wildman–Crippen MR) is 95.7 cm³/mol. The van der Waals surface area contributed by atoms with Crippen LogP contribution in [0, 0.1) is 5.92 Å². The molecule has 4 rings (SSSR count). The van der Waals surface area contributed by atoms with Crippen molar-refractivity contribution in [3.05, 3.63) is 35.8 Å². The Morgan fingerprint density at radius 1 is 1.28 bits per heavy atom. The number of anilines is 1. The van der Waals surface area contributed by atoms with Crippen molar-refractivity contribution >= 4 is 15.8 Å². The van der Waals surface area contributed by atoms with E-state index in [1.165, 1.54) is 16.1 Å². The lowest BCUT2D eigenvalue weighted by Gasteiger charge is -2.37. The molecule has 3 heterocycles. The first-order chi connectivity index (χ1) is 12.0. The second kappa shape index (κ2) is 6.34. The van der Waals surface area contributed by atoms with Crippen molar-refractivity contribution in [2.45, 2.75) is 19.3 Å². The molecular weight excluding hydrogens is 338 g/mol. The largest absolute Gasteiger partial charge is 0.369 e. The van der Waals surface area contributed by atoms with Crippen molar-refractivity contribution in [2.75, 3.05) is 31.2 Å². The first-order valence-corrected chi connectivity index (χ1v) is 10.3. The van der Waals surface area contributed by atoms with Gasteiger partial charge < -0.3 is 5.32 Å². The minimum atomic E-state index is -3.06. The number of fused-ring (bicyclic) bond motifs is 1. The van der Waals surface area contributed by atoms with Crippen molar-refractivity contribution in [3.8, 4) is 11.4 Å². The topological polar surface area (TPSA) is 88.1 Å². The lowest BCUT2D eigenvalue weighted by atomic mass is 10.0. The number of hydrogen-bond donors (Lipinski definition) is 1. The first kappa shape index (κ1) is 16.4. The number of hydrogen-bond acceptors (Lipinski definition) is 6. The Morgan fingerprint density at radius 3 is 2.84 bits per heavy atom. The highest BCUT2D eigenvalue weighted by molar-refractivity contribution is 7.88. The van der Waals surface area contributed by atoms with Crippen LogP contribution in [-0.4, -0.2) is 53.6 Å². The molecule has 132 valence electrons. The number of pyridine rings is 1. The molecule has 8 heteroatoms. The number of nitrogens with zero attached hydrogens (tertiary/aromatic N) is 4. The van der Waals surface area contributed by atoms with Gasteiger partial charge in [-0.05, 0) is 31.4 Å². The predicted octanol–water partition coefficient (Wildman–Crippen LogP) is 1.33. The summed E-state index contributed by atoms with van der Waals surface area (Å²) in [7, 11) is -3.06. The van der Waals surface area contributed by atoms with E-state index in [4.69, 9.17) is 9.97 Å². The van der Waals surface area contributed by atoms with Gasteiger partial charge in [0.1, 0.15) is 5.82 Å². The molecule has 2 aromatic rings. The van der Waals surface area contributed by atoms with Crippen LogP contribution in [0.1, 0.15) is 17.7 Å². The Labute approximate surface area is 147 Å². The Balaban J connectivity index is 1.51. The summed E-state index contributed by atoms with van der Waals surface area (Å²) >= 11 is 0. The van der Waals surface area contributed by atoms with Crippen molar-refractivity contribution in [2.24, 2.45) is 5.92 Å². The van der Waals surface area contributed by atoms with E-state index in [0.717, 1.165) is 42.9 Å². The van der Waals surface area contributed by atoms with Crippen LogP contribution in [0.15, 0.2) is 24.5 Å². The number of aromatic nitrogens is 3. The molecule has 0 atom stereocenters. The summed E-state index contributed by atoms with van der Waals surface area (Å²) in [4.78, 5) is 13.6. The summed E-state index contributed by atoms with van der Waals surface area (Å²) in [5.74, 6) is 1.91. The summed E-state index contributed by atoms with van der Waals surface area (Å²) in [6.45, 7) is 1.88. The van der Waals surface area contributed by atoms with Crippen LogP contribution >= 0.6 is 0 Å². The summed E-state index contributed by atoms with van der Waals surface area (Å²) in [6.07, 6.45) is 7.83. The van der Waals surface area contributed by atoms with Crippen LogP contribution in [0.25, 0.3) is 11.4 Å². The molecule has 1 N–H and O–H groups in total. The summed E-state index contributed by atoms with van der Waals surface area (Å²) in [5.41, 5.74) is 3.22. The minimum absolute atomic E-state index is 0.323. The van der Waals surface area contributed by atoms with E-state index < -0.39 is 10.0 Å². The third kappa shape index (κ3) is 3.36. The molecule has 1 fully saturated rings. The van der Waals surface area contributed by atoms with Crippen LogP contribution < -0.4 is 5.32 Å². The number of nitrogens with one attached hydrogen (secondary N) is 1. The third-order valence-electron chi connectivity index (χ3n) is 4.80. The van der Waals surface area contributed by atoms with Crippen molar-refractivity contribution in [1.29, 1.82) is 0 Å². The van der Waals surface area contributed by atoms with E-state index in [9.17, 15) is 8.42 Å². The Morgan fingerprint density at radius 2 is 2.12 bits per heavy atom. The smallest absolute Gasteiger partial charge is 0.211 e. The second-order valence-electron chi connectivity index (χ2n) is 6.74. The highest BCUT2D eigenvalue weighted by Gasteiger charge is 2.33. The van der Waals surface area contributed by atoms with Crippen LogP contribution in [0.5, 0.6) is 0 Å². The van der Waals surface area contributed by atoms with Crippen molar-refractivity contribution in [1.82, 2.24) is 19.3 Å². The normalized spacial score (nSPS) is 18.0. The standard InChI is InChI=1S/C17H21N5O2S/c1-25(23,24)22-10-12(11-22)8-19-17-14-5-2-6-15(14)20-16(21-17)13-4-3-7-18-9-13/h3-4,7,9,12H,2,5-6,8,10-11H2,1H3,(H,19,20,21). The monoisotopic (exact) mass is 359 g/mol. The molecule has 7 nitrogen and oxygen atoms in total. The maximum atomic E-state index is 11.5. The van der Waals surface area contributed by atoms with E-state index in [0.29, 0.717) is 24.8 Å². The lowest BCUT2D eigenvalue weighted by Crippen LogP contribution is -2.51. The molecule has 2 aliphatic rings. The molecule has 0 aromatic carbocycles. The molecule has 0 spiro atoms. The Kier molecular flexibility index (Phi) is 4.16. The Hall–Kier alpha value is -2.06. The summed E-state index contributed by atoms with van der Waals surface area (Å²) in [5, 5.41) is 3.44. The summed E-state index contributed by atoms with van der Waals surface area (Å²) in [6, 6.07) is 3.84. The fourth-order valence-corrected chi connectivity index (χ4v) is 4.33. The van der Waals surface area contributed by atoms with Gasteiger partial charge in [-0.15, -0.1) is 0 Å². The fourth-order valence-electron chi connectivity index (χ4n) is 3.37. The van der Waals surface area contributed by atoms with Crippen LogP contribution in [0.4, 0.5) is 5.82 Å². The van der Waals surface area contributed by atoms with Gasteiger partial charge in [-0.3, -0.25) is 4.98 Å². The van der Waals surface area contributed by atoms with Crippen molar-refractivity contribution < 1.29 is 8.42 Å². The lowest BCUT2D eigenvalue weighted by molar-refractivity contribution is 0.213. The zero-order chi connectivity index (χ0) is 17.4. The summed E-state index contributed by atoms with van der Waals surface area (Å²) < 4.78 is 24.4. The second-order valence-corrected chi connectivity index (χ2v) is 8.73. The fraction of sp³-hybridized carbons (Fsp3) is 0.471. The van der Waals surface area contributed by atoms with E-state index in [1.54, 1.807) is 12.4 Å². The molecule has 0 amide bonds. The van der Waals surface area contributed by atoms with E-state index >= 15 is 0 Å². The molecular formula is C17H21N5O2S. The highest BCUT2D eigenvalue weighted by atomic mass is 32.2. The molecule has 25 heavy (non-hydrogen) atoms. The maximum Gasteiger partial charge on any atom is 0.211 e. The zero-order valence-electron chi connectivity index (χ0n) is 14.1. The quantitative estimate of drug-likeness (QED) is 0.866. The van der Waals surface area contributed by atoms with Gasteiger partial charge in [0.25, 0.3) is 0 Å². The van der Waals surface area contributed by atoms with Gasteiger partial charge in [0, 0.05) is 54.8 Å². The van der Waals surface area contributed by atoms with Gasteiger partial charge in [-0.25, -0.2) is 22.7 Å². The number of sulfonamides is 1. The van der Waals surface area contributed by atoms with E-state index in [1.807, 2.05) is 12.1 Å². The minimum Gasteiger partial charge on any atom is -0.369 e. The molecule has 2 aromatic heterocycles. The van der Waals surface area contributed by atoms with Crippen LogP contribution in [0.3, 0.4) is 0 Å². The molecule has 0 radical (unpaired) electrons. The van der Waals surface area contributed by atoms with Crippen LogP contribution in [-0.2, 0) is 22.9 Å². The van der Waals surface area contributed by atoms with Crippen molar-refractivity contribution in [3.63, 3.8) is 0 Å². The molecule has 0 saturated carbocycles. The van der Waals surface area contributed by atoms with Gasteiger partial charge in [0.15, 0.2) is 5.82 Å². The van der Waals surface area contributed by atoms with E-state index in [2.05, 4.69) is 10.3 Å². The van der Waals surface area contributed by atoms with Gasteiger partial charge in [0.05, 0.1) is 6.26 Å². The SMILES string of the molecule is CS(=O)(=O)N1CC(CNc2nc(-c3cccnc3)nc3c2CCC3)C1. The van der Waals surface area contributed by atoms with Crippen LogP contribution in [0.2, 0.25) is 0 Å². The highest BCUT2D eigenvalue weighted by Crippen LogP contribution is 2.29. The first-order valence-electron chi connectivity index (χ1n) is 8.50. The number of rotatable bonds is 5. The third-order valence-corrected chi connectivity index (χ3v) is 6.04. The average molecular weight is 359 g/mol. The van der Waals surface area contributed by atoms with Gasteiger partial charge >= 0.3 is 0 Å². The van der Waals surface area contributed by atoms with Gasteiger partial charge in [0.2, 0.25) is 10.0 Å².